The predicted octanol–water partition coefficient (Wildman–Crippen LogP) is 3.54. The highest BCUT2D eigenvalue weighted by Gasteiger charge is 2.21. The molecule has 0 heterocycles. The average molecular weight is 286 g/mol. The summed E-state index contributed by atoms with van der Waals surface area (Å²) in [4.78, 5) is 10.4. The van der Waals surface area contributed by atoms with E-state index in [9.17, 15) is 10.1 Å². The van der Waals surface area contributed by atoms with Gasteiger partial charge in [-0.2, -0.15) is 0 Å². The Morgan fingerprint density at radius 2 is 2.25 bits per heavy atom. The van der Waals surface area contributed by atoms with E-state index >= 15 is 0 Å². The van der Waals surface area contributed by atoms with Crippen molar-refractivity contribution in [1.29, 1.82) is 0 Å². The first-order valence-corrected chi connectivity index (χ1v) is 6.03. The maximum Gasteiger partial charge on any atom is 0.310 e. The fraction of sp³-hybridized carbons (Fsp3) is 0.455. The molecule has 1 aromatic rings. The summed E-state index contributed by atoms with van der Waals surface area (Å²) in [6, 6.07) is 4.76. The Hall–Kier alpha value is -1.10. The fourth-order valence-electron chi connectivity index (χ4n) is 1.62. The van der Waals surface area contributed by atoms with Gasteiger partial charge in [-0.15, -0.1) is 0 Å². The van der Waals surface area contributed by atoms with Crippen LogP contribution in [-0.4, -0.2) is 11.5 Å². The molecule has 0 bridgehead atoms. The van der Waals surface area contributed by atoms with Gasteiger partial charge in [0.25, 0.3) is 0 Å². The molecule has 0 aromatic heterocycles. The standard InChI is InChI=1S/C11H12BrNO3/c12-9-4-5-10(13(14)15)11(6-9)16-7-8-2-1-3-8/h4-6,8H,1-3,7H2. The van der Waals surface area contributed by atoms with Crippen LogP contribution in [0.25, 0.3) is 0 Å². The minimum absolute atomic E-state index is 0.0301. The van der Waals surface area contributed by atoms with E-state index in [-0.39, 0.29) is 5.69 Å². The number of ether oxygens (including phenoxy) is 1. The molecule has 0 amide bonds. The summed E-state index contributed by atoms with van der Waals surface area (Å²) in [6.07, 6.45) is 3.58. The number of rotatable bonds is 4. The van der Waals surface area contributed by atoms with Gasteiger partial charge >= 0.3 is 5.69 Å². The monoisotopic (exact) mass is 285 g/mol. The van der Waals surface area contributed by atoms with Gasteiger partial charge < -0.3 is 4.74 Å². The average Bonchev–Trinajstić information content (AvgIpc) is 2.14. The van der Waals surface area contributed by atoms with E-state index in [1.807, 2.05) is 0 Å². The van der Waals surface area contributed by atoms with Crippen molar-refractivity contribution >= 4 is 21.6 Å². The summed E-state index contributed by atoms with van der Waals surface area (Å²) in [5, 5.41) is 10.8. The molecular weight excluding hydrogens is 274 g/mol. The van der Waals surface area contributed by atoms with Gasteiger partial charge in [-0.25, -0.2) is 0 Å². The van der Waals surface area contributed by atoms with Crippen molar-refractivity contribution in [3.8, 4) is 5.75 Å². The molecule has 0 atom stereocenters. The second-order valence-electron chi connectivity index (χ2n) is 3.98. The van der Waals surface area contributed by atoms with Crippen LogP contribution in [0.1, 0.15) is 19.3 Å². The summed E-state index contributed by atoms with van der Waals surface area (Å²) in [6.45, 7) is 0.581. The third-order valence-corrected chi connectivity index (χ3v) is 3.31. The molecule has 1 aliphatic carbocycles. The summed E-state index contributed by atoms with van der Waals surface area (Å²) in [7, 11) is 0. The SMILES string of the molecule is O=[N+]([O-])c1ccc(Br)cc1OCC1CCC1. The number of hydrogen-bond acceptors (Lipinski definition) is 3. The van der Waals surface area contributed by atoms with Gasteiger partial charge in [-0.05, 0) is 24.8 Å². The third kappa shape index (κ3) is 2.52. The molecule has 0 unspecified atom stereocenters. The maximum absolute atomic E-state index is 10.8. The third-order valence-electron chi connectivity index (χ3n) is 2.82. The Morgan fingerprint density at radius 3 is 2.81 bits per heavy atom. The lowest BCUT2D eigenvalue weighted by atomic mass is 9.86. The molecule has 4 nitrogen and oxygen atoms in total. The van der Waals surface area contributed by atoms with Crippen LogP contribution in [0.3, 0.4) is 0 Å². The first kappa shape index (κ1) is 11.4. The lowest BCUT2D eigenvalue weighted by molar-refractivity contribution is -0.385. The Morgan fingerprint density at radius 1 is 1.50 bits per heavy atom. The van der Waals surface area contributed by atoms with Gasteiger partial charge in [-0.3, -0.25) is 10.1 Å². The number of nitro benzene ring substituents is 1. The van der Waals surface area contributed by atoms with Crippen LogP contribution < -0.4 is 4.74 Å². The second-order valence-corrected chi connectivity index (χ2v) is 4.89. The van der Waals surface area contributed by atoms with Crippen LogP contribution >= 0.6 is 15.9 Å². The summed E-state index contributed by atoms with van der Waals surface area (Å²) >= 11 is 3.28. The van der Waals surface area contributed by atoms with E-state index in [0.29, 0.717) is 18.3 Å². The molecule has 0 aliphatic heterocycles. The van der Waals surface area contributed by atoms with Crippen LogP contribution in [0.2, 0.25) is 0 Å². The van der Waals surface area contributed by atoms with Crippen LogP contribution in [0.15, 0.2) is 22.7 Å². The molecule has 1 aliphatic rings. The zero-order chi connectivity index (χ0) is 11.5. The topological polar surface area (TPSA) is 52.4 Å². The van der Waals surface area contributed by atoms with Crippen molar-refractivity contribution in [2.75, 3.05) is 6.61 Å². The molecule has 1 aromatic carbocycles. The highest BCUT2D eigenvalue weighted by atomic mass is 79.9. The minimum atomic E-state index is -0.414. The molecule has 5 heteroatoms. The Kier molecular flexibility index (Phi) is 3.43. The van der Waals surface area contributed by atoms with E-state index in [4.69, 9.17) is 4.74 Å². The molecule has 16 heavy (non-hydrogen) atoms. The van der Waals surface area contributed by atoms with Crippen molar-refractivity contribution in [3.63, 3.8) is 0 Å². The van der Waals surface area contributed by atoms with Gasteiger partial charge in [0.05, 0.1) is 11.5 Å². The van der Waals surface area contributed by atoms with Crippen LogP contribution in [0, 0.1) is 16.0 Å². The summed E-state index contributed by atoms with van der Waals surface area (Å²) in [5.41, 5.74) is 0.0301. The van der Waals surface area contributed by atoms with Gasteiger partial charge in [0.15, 0.2) is 5.75 Å². The quantitative estimate of drug-likeness (QED) is 0.628. The van der Waals surface area contributed by atoms with E-state index < -0.39 is 4.92 Å². The molecular formula is C11H12BrNO3. The van der Waals surface area contributed by atoms with Crippen molar-refractivity contribution in [1.82, 2.24) is 0 Å². The molecule has 2 rings (SSSR count). The largest absolute Gasteiger partial charge is 0.486 e. The second kappa shape index (κ2) is 4.82. The van der Waals surface area contributed by atoms with Crippen LogP contribution in [0.4, 0.5) is 5.69 Å². The first-order valence-electron chi connectivity index (χ1n) is 5.23. The number of nitro groups is 1. The van der Waals surface area contributed by atoms with E-state index in [2.05, 4.69) is 15.9 Å². The lowest BCUT2D eigenvalue weighted by Gasteiger charge is -2.24. The fourth-order valence-corrected chi connectivity index (χ4v) is 1.96. The predicted molar refractivity (Wildman–Crippen MR) is 63.6 cm³/mol. The summed E-state index contributed by atoms with van der Waals surface area (Å²) < 4.78 is 6.30. The van der Waals surface area contributed by atoms with Crippen molar-refractivity contribution in [3.05, 3.63) is 32.8 Å². The number of nitrogens with zero attached hydrogens (tertiary/aromatic N) is 1. The zero-order valence-electron chi connectivity index (χ0n) is 8.69. The van der Waals surface area contributed by atoms with E-state index in [1.54, 1.807) is 12.1 Å². The van der Waals surface area contributed by atoms with Crippen LogP contribution in [0.5, 0.6) is 5.75 Å². The molecule has 86 valence electrons. The number of halogens is 1. The van der Waals surface area contributed by atoms with Crippen molar-refractivity contribution < 1.29 is 9.66 Å². The molecule has 0 radical (unpaired) electrons. The highest BCUT2D eigenvalue weighted by molar-refractivity contribution is 9.10. The van der Waals surface area contributed by atoms with Crippen molar-refractivity contribution in [2.45, 2.75) is 19.3 Å². The zero-order valence-corrected chi connectivity index (χ0v) is 10.3. The van der Waals surface area contributed by atoms with Gasteiger partial charge in [0, 0.05) is 16.6 Å². The maximum atomic E-state index is 10.8. The first-order chi connectivity index (χ1) is 7.66. The normalized spacial score (nSPS) is 15.6. The minimum Gasteiger partial charge on any atom is -0.486 e. The number of hydrogen-bond donors (Lipinski definition) is 0. The Balaban J connectivity index is 2.09. The van der Waals surface area contributed by atoms with Gasteiger partial charge in [-0.1, -0.05) is 22.4 Å². The van der Waals surface area contributed by atoms with E-state index in [0.717, 1.165) is 4.47 Å². The Bertz CT molecular complexity index is 404. The Labute approximate surface area is 102 Å². The number of benzene rings is 1. The van der Waals surface area contributed by atoms with Gasteiger partial charge in [0.2, 0.25) is 0 Å². The van der Waals surface area contributed by atoms with E-state index in [1.165, 1.54) is 25.3 Å². The summed E-state index contributed by atoms with van der Waals surface area (Å²) in [5.74, 6) is 0.921. The molecule has 0 saturated heterocycles. The molecule has 0 N–H and O–H groups in total. The highest BCUT2D eigenvalue weighted by Crippen LogP contribution is 2.32. The molecule has 1 saturated carbocycles. The van der Waals surface area contributed by atoms with Gasteiger partial charge in [0.1, 0.15) is 0 Å². The molecule has 1 fully saturated rings. The lowest BCUT2D eigenvalue weighted by Crippen LogP contribution is -2.19. The van der Waals surface area contributed by atoms with Crippen LogP contribution in [-0.2, 0) is 0 Å². The molecule has 0 spiro atoms. The smallest absolute Gasteiger partial charge is 0.310 e. The van der Waals surface area contributed by atoms with Crippen molar-refractivity contribution in [2.24, 2.45) is 5.92 Å².